The maximum atomic E-state index is 12.6. The minimum Gasteiger partial charge on any atom is -0.477 e. The fourth-order valence-electron chi connectivity index (χ4n) is 2.62. The number of rotatable bonds is 3. The molecule has 7 heteroatoms. The molecule has 1 atom stereocenters. The summed E-state index contributed by atoms with van der Waals surface area (Å²) < 4.78 is 0. The van der Waals surface area contributed by atoms with Crippen LogP contribution in [0.4, 0.5) is 0 Å². The third kappa shape index (κ3) is 2.82. The highest BCUT2D eigenvalue weighted by Gasteiger charge is 2.30. The summed E-state index contributed by atoms with van der Waals surface area (Å²) >= 11 is 0. The molecule has 0 aromatic carbocycles. The van der Waals surface area contributed by atoms with Crippen molar-refractivity contribution in [3.8, 4) is 0 Å². The van der Waals surface area contributed by atoms with E-state index in [1.54, 1.807) is 4.90 Å². The maximum absolute atomic E-state index is 12.6. The first kappa shape index (κ1) is 14.5. The molecule has 0 spiro atoms. The van der Waals surface area contributed by atoms with Crippen molar-refractivity contribution in [2.75, 3.05) is 26.7 Å². The third-order valence-electron chi connectivity index (χ3n) is 3.69. The molecule has 1 saturated heterocycles. The molecule has 0 saturated carbocycles. The van der Waals surface area contributed by atoms with Crippen LogP contribution < -0.4 is 0 Å². The van der Waals surface area contributed by atoms with Crippen LogP contribution in [0.15, 0.2) is 6.33 Å². The van der Waals surface area contributed by atoms with Crippen LogP contribution in [0.2, 0.25) is 0 Å². The van der Waals surface area contributed by atoms with E-state index in [4.69, 9.17) is 5.11 Å². The van der Waals surface area contributed by atoms with Crippen LogP contribution in [0.5, 0.6) is 0 Å². The molecule has 2 N–H and O–H groups in total. The quantitative estimate of drug-likeness (QED) is 0.849. The van der Waals surface area contributed by atoms with Gasteiger partial charge in [-0.3, -0.25) is 4.79 Å². The Morgan fingerprint density at radius 1 is 1.50 bits per heavy atom. The smallest absolute Gasteiger partial charge is 0.354 e. The molecule has 1 aromatic rings. The van der Waals surface area contributed by atoms with Crippen molar-refractivity contribution in [1.29, 1.82) is 0 Å². The number of carboxylic acids is 1. The number of carbonyl (C=O) groups excluding carboxylic acids is 1. The Labute approximate surface area is 117 Å². The summed E-state index contributed by atoms with van der Waals surface area (Å²) in [5.41, 5.74) is -0.136. The van der Waals surface area contributed by atoms with Gasteiger partial charge in [0.2, 0.25) is 0 Å². The molecule has 1 aromatic heterocycles. The minimum atomic E-state index is -1.16. The lowest BCUT2D eigenvalue weighted by Gasteiger charge is -2.29. The van der Waals surface area contributed by atoms with E-state index in [-0.39, 0.29) is 23.3 Å². The Hall–Kier alpha value is -1.89. The van der Waals surface area contributed by atoms with Gasteiger partial charge in [0.25, 0.3) is 5.91 Å². The summed E-state index contributed by atoms with van der Waals surface area (Å²) in [6.45, 7) is 4.40. The number of carboxylic acid groups (broad SMARTS) is 1. The van der Waals surface area contributed by atoms with Crippen LogP contribution in [-0.4, -0.2) is 69.5 Å². The third-order valence-corrected chi connectivity index (χ3v) is 3.69. The van der Waals surface area contributed by atoms with Crippen molar-refractivity contribution in [2.24, 2.45) is 0 Å². The fourth-order valence-corrected chi connectivity index (χ4v) is 2.62. The number of aromatic amines is 1. The number of aromatic carboxylic acids is 1. The second-order valence-electron chi connectivity index (χ2n) is 5.11. The number of aromatic nitrogens is 2. The van der Waals surface area contributed by atoms with E-state index >= 15 is 0 Å². The molecular formula is C13H20N4O3. The van der Waals surface area contributed by atoms with E-state index in [0.29, 0.717) is 6.54 Å². The fraction of sp³-hybridized carbons (Fsp3) is 0.615. The van der Waals surface area contributed by atoms with Crippen LogP contribution in [0.3, 0.4) is 0 Å². The Morgan fingerprint density at radius 2 is 2.25 bits per heavy atom. The molecule has 2 rings (SSSR count). The average Bonchev–Trinajstić information content (AvgIpc) is 2.82. The summed E-state index contributed by atoms with van der Waals surface area (Å²) in [6, 6.07) is 0.0911. The average molecular weight is 280 g/mol. The SMILES string of the molecule is CCC1CN(C)CCCN1C(=O)c1nc[nH]c1C(=O)O. The van der Waals surface area contributed by atoms with Crippen molar-refractivity contribution in [2.45, 2.75) is 25.8 Å². The predicted octanol–water partition coefficient (Wildman–Crippen LogP) is 0.664. The van der Waals surface area contributed by atoms with Gasteiger partial charge in [0.05, 0.1) is 6.33 Å². The summed E-state index contributed by atoms with van der Waals surface area (Å²) in [4.78, 5) is 34.0. The second kappa shape index (κ2) is 6.04. The molecule has 1 aliphatic heterocycles. The largest absolute Gasteiger partial charge is 0.477 e. The number of nitrogens with zero attached hydrogens (tertiary/aromatic N) is 3. The predicted molar refractivity (Wildman–Crippen MR) is 72.8 cm³/mol. The molecule has 1 aliphatic rings. The first-order valence-corrected chi connectivity index (χ1v) is 6.80. The molecule has 1 fully saturated rings. The van der Waals surface area contributed by atoms with Crippen molar-refractivity contribution < 1.29 is 14.7 Å². The van der Waals surface area contributed by atoms with Gasteiger partial charge >= 0.3 is 5.97 Å². The highest BCUT2D eigenvalue weighted by Crippen LogP contribution is 2.16. The summed E-state index contributed by atoms with van der Waals surface area (Å²) in [5.74, 6) is -1.46. The number of hydrogen-bond acceptors (Lipinski definition) is 4. The number of H-pyrrole nitrogens is 1. The van der Waals surface area contributed by atoms with Gasteiger partial charge < -0.3 is 19.9 Å². The normalized spacial score (nSPS) is 20.7. The van der Waals surface area contributed by atoms with E-state index in [1.807, 2.05) is 14.0 Å². The molecule has 2 heterocycles. The number of carbonyl (C=O) groups is 2. The Morgan fingerprint density at radius 3 is 2.90 bits per heavy atom. The molecule has 7 nitrogen and oxygen atoms in total. The van der Waals surface area contributed by atoms with E-state index in [1.165, 1.54) is 6.33 Å². The van der Waals surface area contributed by atoms with Gasteiger partial charge in [0.1, 0.15) is 0 Å². The monoisotopic (exact) mass is 280 g/mol. The molecule has 20 heavy (non-hydrogen) atoms. The standard InChI is InChI=1S/C13H20N4O3/c1-3-9-7-16(2)5-4-6-17(9)12(18)10-11(13(19)20)15-8-14-10/h8-9H,3-7H2,1-2H3,(H,14,15)(H,19,20). The van der Waals surface area contributed by atoms with Gasteiger partial charge in [0.15, 0.2) is 11.4 Å². The van der Waals surface area contributed by atoms with Gasteiger partial charge in [-0.05, 0) is 26.4 Å². The first-order chi connectivity index (χ1) is 9.54. The van der Waals surface area contributed by atoms with Crippen molar-refractivity contribution in [1.82, 2.24) is 19.8 Å². The van der Waals surface area contributed by atoms with Gasteiger partial charge in [-0.2, -0.15) is 0 Å². The number of amides is 1. The summed E-state index contributed by atoms with van der Waals surface area (Å²) in [7, 11) is 2.04. The Bertz CT molecular complexity index is 500. The lowest BCUT2D eigenvalue weighted by molar-refractivity contribution is 0.0635. The molecule has 0 radical (unpaired) electrons. The van der Waals surface area contributed by atoms with Crippen LogP contribution in [-0.2, 0) is 0 Å². The first-order valence-electron chi connectivity index (χ1n) is 6.80. The number of imidazole rings is 1. The van der Waals surface area contributed by atoms with Crippen molar-refractivity contribution in [3.63, 3.8) is 0 Å². The van der Waals surface area contributed by atoms with Crippen LogP contribution >= 0.6 is 0 Å². The van der Waals surface area contributed by atoms with Crippen LogP contribution in [0, 0.1) is 0 Å². The summed E-state index contributed by atoms with van der Waals surface area (Å²) in [5, 5.41) is 9.07. The molecular weight excluding hydrogens is 260 g/mol. The van der Waals surface area contributed by atoms with Crippen LogP contribution in [0.25, 0.3) is 0 Å². The maximum Gasteiger partial charge on any atom is 0.354 e. The van der Waals surface area contributed by atoms with Gasteiger partial charge in [0, 0.05) is 19.1 Å². The summed E-state index contributed by atoms with van der Waals surface area (Å²) in [6.07, 6.45) is 2.97. The zero-order valence-corrected chi connectivity index (χ0v) is 11.8. The molecule has 1 amide bonds. The molecule has 0 bridgehead atoms. The molecule has 110 valence electrons. The number of nitrogens with one attached hydrogen (secondary N) is 1. The van der Waals surface area contributed by atoms with E-state index in [9.17, 15) is 9.59 Å². The van der Waals surface area contributed by atoms with Gasteiger partial charge in [-0.15, -0.1) is 0 Å². The number of likely N-dealkylation sites (N-methyl/N-ethyl adjacent to an activating group) is 1. The molecule has 0 aliphatic carbocycles. The van der Waals surface area contributed by atoms with Gasteiger partial charge in [-0.25, -0.2) is 9.78 Å². The van der Waals surface area contributed by atoms with E-state index < -0.39 is 5.97 Å². The van der Waals surface area contributed by atoms with Gasteiger partial charge in [-0.1, -0.05) is 6.92 Å². The van der Waals surface area contributed by atoms with E-state index in [2.05, 4.69) is 14.9 Å². The van der Waals surface area contributed by atoms with Crippen molar-refractivity contribution >= 4 is 11.9 Å². The van der Waals surface area contributed by atoms with E-state index in [0.717, 1.165) is 25.9 Å². The Kier molecular flexibility index (Phi) is 4.39. The minimum absolute atomic E-state index is 0.000466. The lowest BCUT2D eigenvalue weighted by Crippen LogP contribution is -2.44. The van der Waals surface area contributed by atoms with Crippen molar-refractivity contribution in [3.05, 3.63) is 17.7 Å². The van der Waals surface area contributed by atoms with Crippen LogP contribution in [0.1, 0.15) is 40.7 Å². The zero-order chi connectivity index (χ0) is 14.7. The lowest BCUT2D eigenvalue weighted by atomic mass is 10.1. The highest BCUT2D eigenvalue weighted by molar-refractivity contribution is 6.02. The highest BCUT2D eigenvalue weighted by atomic mass is 16.4. The topological polar surface area (TPSA) is 89.5 Å². The Balaban J connectivity index is 2.26. The molecule has 1 unspecified atom stereocenters. The second-order valence-corrected chi connectivity index (χ2v) is 5.11. The number of hydrogen-bond donors (Lipinski definition) is 2. The zero-order valence-electron chi connectivity index (χ0n) is 11.8.